The standard InChI is InChI=1S/C10H16NO2P.ClH/c1-14(2,13)10-6-4-3-5-8(10)9(11)7-12;/h3-6,9,12H,7,11H2,1-2H3;1H. The number of hydrogen-bond acceptors (Lipinski definition) is 3. The predicted molar refractivity (Wildman–Crippen MR) is 66.8 cm³/mol. The quantitative estimate of drug-likeness (QED) is 0.795. The van der Waals surface area contributed by atoms with Crippen LogP contribution in [-0.2, 0) is 4.57 Å². The third-order valence-corrected chi connectivity index (χ3v) is 3.68. The second kappa shape index (κ2) is 5.66. The van der Waals surface area contributed by atoms with E-state index in [1.807, 2.05) is 24.3 Å². The first-order valence-corrected chi connectivity index (χ1v) is 7.08. The Bertz CT molecular complexity index is 364. The highest BCUT2D eigenvalue weighted by atomic mass is 35.5. The highest BCUT2D eigenvalue weighted by molar-refractivity contribution is 7.70. The molecule has 1 aromatic rings. The molecule has 15 heavy (non-hydrogen) atoms. The molecule has 1 rings (SSSR count). The lowest BCUT2D eigenvalue weighted by atomic mass is 10.1. The minimum atomic E-state index is -2.31. The fourth-order valence-electron chi connectivity index (χ4n) is 1.39. The van der Waals surface area contributed by atoms with Crippen LogP contribution in [0.4, 0.5) is 0 Å². The molecule has 0 saturated heterocycles. The van der Waals surface area contributed by atoms with Crippen molar-refractivity contribution in [1.82, 2.24) is 0 Å². The fourth-order valence-corrected chi connectivity index (χ4v) is 2.70. The van der Waals surface area contributed by atoms with Gasteiger partial charge in [-0.05, 0) is 18.9 Å². The summed E-state index contributed by atoms with van der Waals surface area (Å²) in [6.45, 7) is 3.28. The molecule has 0 fully saturated rings. The molecule has 0 spiro atoms. The van der Waals surface area contributed by atoms with Gasteiger partial charge < -0.3 is 15.4 Å². The molecule has 0 bridgehead atoms. The average molecular weight is 250 g/mol. The van der Waals surface area contributed by atoms with Gasteiger partial charge in [-0.25, -0.2) is 0 Å². The highest BCUT2D eigenvalue weighted by Gasteiger charge is 2.18. The topological polar surface area (TPSA) is 63.3 Å². The van der Waals surface area contributed by atoms with Gasteiger partial charge in [0, 0.05) is 5.30 Å². The zero-order valence-electron chi connectivity index (χ0n) is 8.88. The fraction of sp³-hybridized carbons (Fsp3) is 0.400. The van der Waals surface area contributed by atoms with Crippen LogP contribution in [0.15, 0.2) is 24.3 Å². The van der Waals surface area contributed by atoms with Gasteiger partial charge in [-0.2, -0.15) is 0 Å². The molecule has 0 amide bonds. The molecule has 0 aliphatic heterocycles. The molecule has 0 heterocycles. The Morgan fingerprint density at radius 3 is 2.40 bits per heavy atom. The van der Waals surface area contributed by atoms with Gasteiger partial charge in [0.1, 0.15) is 7.14 Å². The van der Waals surface area contributed by atoms with Crippen LogP contribution in [0.3, 0.4) is 0 Å². The molecule has 5 heteroatoms. The van der Waals surface area contributed by atoms with Crippen LogP contribution in [0.1, 0.15) is 11.6 Å². The molecule has 1 aromatic carbocycles. The molecule has 0 aliphatic rings. The van der Waals surface area contributed by atoms with Crippen LogP contribution >= 0.6 is 19.5 Å². The van der Waals surface area contributed by atoms with Crippen molar-refractivity contribution in [2.45, 2.75) is 6.04 Å². The van der Waals surface area contributed by atoms with Gasteiger partial charge in [-0.1, -0.05) is 24.3 Å². The normalized spacial score (nSPS) is 13.1. The largest absolute Gasteiger partial charge is 0.394 e. The van der Waals surface area contributed by atoms with Crippen LogP contribution < -0.4 is 11.0 Å². The number of aliphatic hydroxyl groups is 1. The van der Waals surface area contributed by atoms with Gasteiger partial charge in [-0.15, -0.1) is 12.4 Å². The lowest BCUT2D eigenvalue weighted by Crippen LogP contribution is -2.22. The lowest BCUT2D eigenvalue weighted by Gasteiger charge is -2.16. The van der Waals surface area contributed by atoms with E-state index in [-0.39, 0.29) is 19.0 Å². The van der Waals surface area contributed by atoms with E-state index in [4.69, 9.17) is 10.8 Å². The molecule has 0 saturated carbocycles. The number of hydrogen-bond donors (Lipinski definition) is 2. The molecule has 3 N–H and O–H groups in total. The predicted octanol–water partition coefficient (Wildman–Crippen LogP) is 1.35. The van der Waals surface area contributed by atoms with Crippen molar-refractivity contribution < 1.29 is 9.67 Å². The third-order valence-electron chi connectivity index (χ3n) is 2.11. The van der Waals surface area contributed by atoms with Gasteiger partial charge in [0.15, 0.2) is 0 Å². The maximum Gasteiger partial charge on any atom is 0.110 e. The van der Waals surface area contributed by atoms with Crippen molar-refractivity contribution in [2.75, 3.05) is 19.9 Å². The van der Waals surface area contributed by atoms with Crippen molar-refractivity contribution in [3.8, 4) is 0 Å². The first kappa shape index (κ1) is 14.7. The van der Waals surface area contributed by atoms with E-state index in [0.717, 1.165) is 10.9 Å². The molecule has 1 atom stereocenters. The minimum Gasteiger partial charge on any atom is -0.394 e. The molecule has 1 unspecified atom stereocenters. The maximum atomic E-state index is 11.9. The number of halogens is 1. The highest BCUT2D eigenvalue weighted by Crippen LogP contribution is 2.36. The smallest absolute Gasteiger partial charge is 0.110 e. The maximum absolute atomic E-state index is 11.9. The zero-order valence-corrected chi connectivity index (χ0v) is 10.6. The summed E-state index contributed by atoms with van der Waals surface area (Å²) in [5.74, 6) is 0. The molecular weight excluding hydrogens is 233 g/mol. The van der Waals surface area contributed by atoms with Gasteiger partial charge in [-0.3, -0.25) is 0 Å². The van der Waals surface area contributed by atoms with E-state index in [2.05, 4.69) is 0 Å². The Hall–Kier alpha value is -0.340. The van der Waals surface area contributed by atoms with Crippen molar-refractivity contribution >= 4 is 24.9 Å². The van der Waals surface area contributed by atoms with Crippen LogP contribution in [-0.4, -0.2) is 25.0 Å². The van der Waals surface area contributed by atoms with Gasteiger partial charge >= 0.3 is 0 Å². The second-order valence-corrected chi connectivity index (χ2v) is 6.88. The first-order chi connectivity index (χ1) is 6.46. The molecular formula is C10H17ClNO2P. The lowest BCUT2D eigenvalue weighted by molar-refractivity contribution is 0.268. The third kappa shape index (κ3) is 3.62. The minimum absolute atomic E-state index is 0. The number of aliphatic hydroxyl groups excluding tert-OH is 1. The monoisotopic (exact) mass is 249 g/mol. The van der Waals surface area contributed by atoms with Crippen LogP contribution in [0.5, 0.6) is 0 Å². The van der Waals surface area contributed by atoms with E-state index < -0.39 is 13.2 Å². The summed E-state index contributed by atoms with van der Waals surface area (Å²) in [5, 5.41) is 9.73. The Kier molecular flexibility index (Phi) is 5.54. The summed E-state index contributed by atoms with van der Waals surface area (Å²) in [7, 11) is -2.31. The zero-order chi connectivity index (χ0) is 10.8. The summed E-state index contributed by atoms with van der Waals surface area (Å²) < 4.78 is 11.9. The van der Waals surface area contributed by atoms with E-state index >= 15 is 0 Å². The molecule has 0 aliphatic carbocycles. The van der Waals surface area contributed by atoms with Crippen molar-refractivity contribution in [3.05, 3.63) is 29.8 Å². The van der Waals surface area contributed by atoms with Gasteiger partial charge in [0.25, 0.3) is 0 Å². The SMILES string of the molecule is CP(C)(=O)c1ccccc1C(N)CO.Cl. The number of nitrogens with two attached hydrogens (primary N) is 1. The van der Waals surface area contributed by atoms with E-state index in [1.54, 1.807) is 13.3 Å². The summed E-state index contributed by atoms with van der Waals surface area (Å²) in [5.41, 5.74) is 6.50. The van der Waals surface area contributed by atoms with Gasteiger partial charge in [0.2, 0.25) is 0 Å². The van der Waals surface area contributed by atoms with Crippen molar-refractivity contribution in [3.63, 3.8) is 0 Å². The van der Waals surface area contributed by atoms with Gasteiger partial charge in [0.05, 0.1) is 12.6 Å². The average Bonchev–Trinajstić information content (AvgIpc) is 2.15. The Morgan fingerprint density at radius 1 is 1.40 bits per heavy atom. The molecule has 86 valence electrons. The van der Waals surface area contributed by atoms with Crippen LogP contribution in [0, 0.1) is 0 Å². The van der Waals surface area contributed by atoms with E-state index in [1.165, 1.54) is 0 Å². The van der Waals surface area contributed by atoms with E-state index in [9.17, 15) is 4.57 Å². The Morgan fingerprint density at radius 2 is 1.93 bits per heavy atom. The number of rotatable bonds is 3. The summed E-state index contributed by atoms with van der Waals surface area (Å²) in [6, 6.07) is 6.85. The Labute approximate surface area is 96.5 Å². The Balaban J connectivity index is 0.00000196. The molecule has 3 nitrogen and oxygen atoms in total. The summed E-state index contributed by atoms with van der Waals surface area (Å²) >= 11 is 0. The number of benzene rings is 1. The molecule has 0 aromatic heterocycles. The van der Waals surface area contributed by atoms with Crippen molar-refractivity contribution in [1.29, 1.82) is 0 Å². The first-order valence-electron chi connectivity index (χ1n) is 4.47. The second-order valence-electron chi connectivity index (χ2n) is 3.70. The van der Waals surface area contributed by atoms with Crippen LogP contribution in [0.2, 0.25) is 0 Å². The van der Waals surface area contributed by atoms with Crippen LogP contribution in [0.25, 0.3) is 0 Å². The molecule has 0 radical (unpaired) electrons. The van der Waals surface area contributed by atoms with E-state index in [0.29, 0.717) is 0 Å². The van der Waals surface area contributed by atoms with Crippen molar-refractivity contribution in [2.24, 2.45) is 5.73 Å². The summed E-state index contributed by atoms with van der Waals surface area (Å²) in [4.78, 5) is 0. The summed E-state index contributed by atoms with van der Waals surface area (Å²) in [6.07, 6.45) is 0.